The Balaban J connectivity index is 1.54. The molecule has 0 aliphatic rings. The van der Waals surface area contributed by atoms with Crippen molar-refractivity contribution >= 4 is 51.8 Å². The molecule has 1 amide bonds. The van der Waals surface area contributed by atoms with E-state index in [9.17, 15) is 9.59 Å². The van der Waals surface area contributed by atoms with Gasteiger partial charge in [0.05, 0.1) is 5.69 Å². The minimum atomic E-state index is -0.644. The average Bonchev–Trinajstić information content (AvgIpc) is 3.26. The molecule has 0 spiro atoms. The lowest BCUT2D eigenvalue weighted by Gasteiger charge is -2.07. The molecule has 0 aliphatic carbocycles. The molecule has 4 aromatic rings. The Morgan fingerprint density at radius 1 is 0.969 bits per heavy atom. The molecular weight excluding hydrogens is 541 g/mol. The Morgan fingerprint density at radius 2 is 1.66 bits per heavy atom. The fraction of sp³-hybridized carbons (Fsp3) is 0.0417. The van der Waals surface area contributed by atoms with E-state index in [1.54, 1.807) is 47.3 Å². The topological polar surface area (TPSA) is 73.2 Å². The van der Waals surface area contributed by atoms with Crippen LogP contribution in [-0.2, 0) is 9.53 Å². The number of nitrogens with zero attached hydrogens (tertiary/aromatic N) is 2. The molecule has 3 aromatic carbocycles. The number of benzene rings is 3. The molecule has 0 saturated heterocycles. The molecule has 32 heavy (non-hydrogen) atoms. The zero-order chi connectivity index (χ0) is 22.5. The number of rotatable bonds is 6. The van der Waals surface area contributed by atoms with Crippen LogP contribution in [0.15, 0.2) is 85.1 Å². The third kappa shape index (κ3) is 5.35. The van der Waals surface area contributed by atoms with Crippen LogP contribution < -0.4 is 5.32 Å². The first-order valence-corrected chi connectivity index (χ1v) is 11.1. The number of esters is 1. The zero-order valence-corrected chi connectivity index (χ0v) is 19.6. The van der Waals surface area contributed by atoms with Gasteiger partial charge in [0.2, 0.25) is 0 Å². The van der Waals surface area contributed by atoms with Crippen molar-refractivity contribution in [2.45, 2.75) is 0 Å². The number of hydrogen-bond donors (Lipinski definition) is 1. The van der Waals surface area contributed by atoms with E-state index in [-0.39, 0.29) is 5.56 Å². The summed E-state index contributed by atoms with van der Waals surface area (Å²) in [7, 11) is 0. The first kappa shape index (κ1) is 22.0. The Kier molecular flexibility index (Phi) is 6.87. The summed E-state index contributed by atoms with van der Waals surface area (Å²) in [5.74, 6) is -1.07. The van der Waals surface area contributed by atoms with E-state index in [1.165, 1.54) is 0 Å². The third-order valence-electron chi connectivity index (χ3n) is 4.53. The Hall–Kier alpha value is -3.17. The van der Waals surface area contributed by atoms with Gasteiger partial charge < -0.3 is 10.1 Å². The lowest BCUT2D eigenvalue weighted by molar-refractivity contribution is -0.119. The summed E-state index contributed by atoms with van der Waals surface area (Å²) >= 11 is 8.18. The molecule has 0 atom stereocenters. The summed E-state index contributed by atoms with van der Waals surface area (Å²) in [6.07, 6.45) is 1.60. The fourth-order valence-corrected chi connectivity index (χ4v) is 3.48. The molecule has 0 fully saturated rings. The van der Waals surface area contributed by atoms with Crippen LogP contribution in [0.1, 0.15) is 10.4 Å². The maximum Gasteiger partial charge on any atom is 0.342 e. The van der Waals surface area contributed by atoms with Gasteiger partial charge in [0.15, 0.2) is 6.61 Å². The lowest BCUT2D eigenvalue weighted by atomic mass is 10.1. The van der Waals surface area contributed by atoms with Crippen molar-refractivity contribution < 1.29 is 14.3 Å². The molecule has 160 valence electrons. The number of anilines is 1. The van der Waals surface area contributed by atoms with E-state index in [0.29, 0.717) is 22.0 Å². The first-order valence-electron chi connectivity index (χ1n) is 9.63. The maximum absolute atomic E-state index is 12.9. The van der Waals surface area contributed by atoms with Crippen molar-refractivity contribution in [2.24, 2.45) is 0 Å². The van der Waals surface area contributed by atoms with E-state index in [0.717, 1.165) is 9.26 Å². The molecule has 0 unspecified atom stereocenters. The van der Waals surface area contributed by atoms with E-state index in [2.05, 4.69) is 33.0 Å². The van der Waals surface area contributed by atoms with Crippen LogP contribution in [0.2, 0.25) is 5.02 Å². The van der Waals surface area contributed by atoms with Gasteiger partial charge in [-0.15, -0.1) is 0 Å². The van der Waals surface area contributed by atoms with Crippen molar-refractivity contribution in [3.63, 3.8) is 0 Å². The van der Waals surface area contributed by atoms with Gasteiger partial charge in [-0.3, -0.25) is 4.79 Å². The zero-order valence-electron chi connectivity index (χ0n) is 16.7. The Bertz CT molecular complexity index is 1240. The normalized spacial score (nSPS) is 10.6. The van der Waals surface area contributed by atoms with Crippen LogP contribution in [-0.4, -0.2) is 28.3 Å². The van der Waals surface area contributed by atoms with Gasteiger partial charge in [0.1, 0.15) is 11.3 Å². The van der Waals surface area contributed by atoms with Crippen molar-refractivity contribution in [3.05, 3.63) is 99.2 Å². The number of carbonyl (C=O) groups excluding carboxylic acids is 2. The van der Waals surface area contributed by atoms with Gasteiger partial charge >= 0.3 is 5.97 Å². The van der Waals surface area contributed by atoms with E-state index in [1.807, 2.05) is 42.5 Å². The molecule has 0 bridgehead atoms. The molecular formula is C24H17ClIN3O3. The number of para-hydroxylation sites is 1. The van der Waals surface area contributed by atoms with Crippen LogP contribution in [0.3, 0.4) is 0 Å². The highest BCUT2D eigenvalue weighted by atomic mass is 127. The molecule has 6 nitrogen and oxygen atoms in total. The average molecular weight is 558 g/mol. The predicted molar refractivity (Wildman–Crippen MR) is 132 cm³/mol. The summed E-state index contributed by atoms with van der Waals surface area (Å²) in [4.78, 5) is 25.1. The van der Waals surface area contributed by atoms with Crippen molar-refractivity contribution in [1.29, 1.82) is 0 Å². The molecule has 0 saturated carbocycles. The predicted octanol–water partition coefficient (Wildman–Crippen LogP) is 5.59. The highest BCUT2D eigenvalue weighted by Crippen LogP contribution is 2.26. The summed E-state index contributed by atoms with van der Waals surface area (Å²) in [6, 6.07) is 23.7. The monoisotopic (exact) mass is 557 g/mol. The number of hydrogen-bond acceptors (Lipinski definition) is 4. The van der Waals surface area contributed by atoms with E-state index in [4.69, 9.17) is 16.3 Å². The standard InChI is InChI=1S/C24H17ClIN3O3/c25-17-8-6-16(7-9-17)23-21(14-29(28-23)20-4-2-1-3-5-20)24(31)32-15-22(30)27-19-12-10-18(26)11-13-19/h1-14H,15H2,(H,27,30). The largest absolute Gasteiger partial charge is 0.452 e. The van der Waals surface area contributed by atoms with Crippen molar-refractivity contribution in [1.82, 2.24) is 9.78 Å². The van der Waals surface area contributed by atoms with Gasteiger partial charge in [-0.2, -0.15) is 5.10 Å². The molecule has 1 heterocycles. The van der Waals surface area contributed by atoms with Gasteiger partial charge in [-0.05, 0) is 71.1 Å². The number of amides is 1. The van der Waals surface area contributed by atoms with Crippen LogP contribution in [0.4, 0.5) is 5.69 Å². The molecule has 0 radical (unpaired) electrons. The number of halogens is 2. The third-order valence-corrected chi connectivity index (χ3v) is 5.51. The molecule has 4 rings (SSSR count). The minimum absolute atomic E-state index is 0.248. The molecule has 1 aromatic heterocycles. The smallest absolute Gasteiger partial charge is 0.342 e. The summed E-state index contributed by atoms with van der Waals surface area (Å²) in [5.41, 5.74) is 2.81. The lowest BCUT2D eigenvalue weighted by Crippen LogP contribution is -2.21. The second-order valence-corrected chi connectivity index (χ2v) is 8.49. The Morgan fingerprint density at radius 3 is 2.34 bits per heavy atom. The van der Waals surface area contributed by atoms with E-state index >= 15 is 0 Å². The summed E-state index contributed by atoms with van der Waals surface area (Å²) < 4.78 is 7.95. The van der Waals surface area contributed by atoms with Crippen LogP contribution in [0.5, 0.6) is 0 Å². The fourth-order valence-electron chi connectivity index (χ4n) is 3.00. The first-order chi connectivity index (χ1) is 15.5. The van der Waals surface area contributed by atoms with Gasteiger partial charge in [-0.25, -0.2) is 9.48 Å². The van der Waals surface area contributed by atoms with Gasteiger partial charge in [0.25, 0.3) is 5.91 Å². The minimum Gasteiger partial charge on any atom is -0.452 e. The molecule has 0 aliphatic heterocycles. The second kappa shape index (κ2) is 9.97. The summed E-state index contributed by atoms with van der Waals surface area (Å²) in [6.45, 7) is -0.415. The van der Waals surface area contributed by atoms with Gasteiger partial charge in [0, 0.05) is 26.0 Å². The number of ether oxygens (including phenoxy) is 1. The van der Waals surface area contributed by atoms with E-state index < -0.39 is 18.5 Å². The van der Waals surface area contributed by atoms with Gasteiger partial charge in [-0.1, -0.05) is 41.9 Å². The second-order valence-electron chi connectivity index (χ2n) is 6.81. The molecule has 1 N–H and O–H groups in total. The van der Waals surface area contributed by atoms with Crippen molar-refractivity contribution in [2.75, 3.05) is 11.9 Å². The molecule has 8 heteroatoms. The number of aromatic nitrogens is 2. The number of nitrogens with one attached hydrogen (secondary N) is 1. The number of carbonyl (C=O) groups is 2. The van der Waals surface area contributed by atoms with Crippen molar-refractivity contribution in [3.8, 4) is 16.9 Å². The van der Waals surface area contributed by atoms with Crippen LogP contribution >= 0.6 is 34.2 Å². The Labute approximate surface area is 203 Å². The quantitative estimate of drug-likeness (QED) is 0.248. The van der Waals surface area contributed by atoms with Crippen LogP contribution in [0, 0.1) is 3.57 Å². The van der Waals surface area contributed by atoms with Crippen LogP contribution in [0.25, 0.3) is 16.9 Å². The maximum atomic E-state index is 12.9. The SMILES string of the molecule is O=C(COC(=O)c1cn(-c2ccccc2)nc1-c1ccc(Cl)cc1)Nc1ccc(I)cc1. The highest BCUT2D eigenvalue weighted by molar-refractivity contribution is 14.1. The summed E-state index contributed by atoms with van der Waals surface area (Å²) in [5, 5.41) is 7.86. The highest BCUT2D eigenvalue weighted by Gasteiger charge is 2.21.